The van der Waals surface area contributed by atoms with Crippen molar-refractivity contribution in [2.24, 2.45) is 0 Å². The Labute approximate surface area is 98.4 Å². The normalized spacial score (nSPS) is 9.81. The van der Waals surface area contributed by atoms with Gasteiger partial charge in [-0.1, -0.05) is 23.7 Å². The average Bonchev–Trinajstić information content (AvgIpc) is 2.28. The molecule has 0 saturated carbocycles. The average molecular weight is 230 g/mol. The minimum atomic E-state index is 0.349. The molecule has 0 amide bonds. The maximum absolute atomic E-state index is 8.83. The van der Waals surface area contributed by atoms with Crippen molar-refractivity contribution in [3.05, 3.63) is 46.7 Å². The molecular weight excluding hydrogens is 222 g/mol. The van der Waals surface area contributed by atoms with Gasteiger partial charge in [-0.2, -0.15) is 5.26 Å². The Morgan fingerprint density at radius 1 is 1.25 bits per heavy atom. The third-order valence-electron chi connectivity index (χ3n) is 2.08. The molecule has 0 spiro atoms. The maximum Gasteiger partial charge on any atom is 0.162 e. The van der Waals surface area contributed by atoms with Crippen LogP contribution in [-0.2, 0) is 0 Å². The van der Waals surface area contributed by atoms with Crippen LogP contribution in [0.5, 0.6) is 0 Å². The van der Waals surface area contributed by atoms with Crippen LogP contribution in [0.25, 0.3) is 11.4 Å². The molecule has 4 heteroatoms. The van der Waals surface area contributed by atoms with Crippen LogP contribution >= 0.6 is 11.6 Å². The van der Waals surface area contributed by atoms with Gasteiger partial charge in [-0.05, 0) is 25.1 Å². The largest absolute Gasteiger partial charge is 0.233 e. The summed E-state index contributed by atoms with van der Waals surface area (Å²) in [5.41, 5.74) is 1.84. The van der Waals surface area contributed by atoms with Crippen molar-refractivity contribution in [3.63, 3.8) is 0 Å². The van der Waals surface area contributed by atoms with Gasteiger partial charge in [-0.3, -0.25) is 0 Å². The number of hydrogen-bond donors (Lipinski definition) is 0. The summed E-state index contributed by atoms with van der Waals surface area (Å²) in [5.74, 6) is 0.488. The zero-order valence-electron chi connectivity index (χ0n) is 8.61. The molecule has 0 fully saturated rings. The number of aromatic nitrogens is 2. The summed E-state index contributed by atoms with van der Waals surface area (Å²) in [6.07, 6.45) is 0. The fraction of sp³-hybridized carbons (Fsp3) is 0.0833. The van der Waals surface area contributed by atoms with E-state index in [0.29, 0.717) is 16.5 Å². The highest BCUT2D eigenvalue weighted by Gasteiger charge is 2.07. The first kappa shape index (κ1) is 10.6. The molecule has 0 aliphatic heterocycles. The van der Waals surface area contributed by atoms with E-state index in [1.807, 2.05) is 31.2 Å². The second-order valence-corrected chi connectivity index (χ2v) is 3.72. The molecular formula is C12H8ClN3. The van der Waals surface area contributed by atoms with Crippen molar-refractivity contribution < 1.29 is 0 Å². The maximum atomic E-state index is 8.83. The van der Waals surface area contributed by atoms with Crippen LogP contribution in [0.3, 0.4) is 0 Å². The first-order chi connectivity index (χ1) is 7.70. The molecule has 78 valence electrons. The lowest BCUT2D eigenvalue weighted by atomic mass is 10.2. The Morgan fingerprint density at radius 3 is 2.69 bits per heavy atom. The summed E-state index contributed by atoms with van der Waals surface area (Å²) in [6, 6.07) is 10.9. The van der Waals surface area contributed by atoms with Crippen molar-refractivity contribution in [1.29, 1.82) is 5.26 Å². The van der Waals surface area contributed by atoms with Crippen LogP contribution in [0.2, 0.25) is 5.02 Å². The van der Waals surface area contributed by atoms with E-state index in [2.05, 4.69) is 9.97 Å². The lowest BCUT2D eigenvalue weighted by molar-refractivity contribution is 1.09. The Morgan fingerprint density at radius 2 is 2.00 bits per heavy atom. The third kappa shape index (κ3) is 2.02. The van der Waals surface area contributed by atoms with E-state index < -0.39 is 0 Å². The number of hydrogen-bond acceptors (Lipinski definition) is 3. The topological polar surface area (TPSA) is 49.6 Å². The molecule has 0 aliphatic rings. The van der Waals surface area contributed by atoms with Gasteiger partial charge >= 0.3 is 0 Å². The van der Waals surface area contributed by atoms with Crippen LogP contribution in [0.4, 0.5) is 0 Å². The van der Waals surface area contributed by atoms with Crippen molar-refractivity contribution in [3.8, 4) is 17.5 Å². The molecule has 0 N–H and O–H groups in total. The van der Waals surface area contributed by atoms with Gasteiger partial charge in [0.15, 0.2) is 5.82 Å². The standard InChI is InChI=1S/C12H8ClN3/c1-8-6-9(7-14)16-12(15-8)10-4-2-3-5-11(10)13/h2-6H,1H3. The summed E-state index contributed by atoms with van der Waals surface area (Å²) in [5, 5.41) is 9.41. The Balaban J connectivity index is 2.61. The fourth-order valence-corrected chi connectivity index (χ4v) is 1.61. The third-order valence-corrected chi connectivity index (χ3v) is 2.41. The van der Waals surface area contributed by atoms with Crippen LogP contribution in [0, 0.1) is 18.3 Å². The van der Waals surface area contributed by atoms with E-state index in [0.717, 1.165) is 11.3 Å². The highest BCUT2D eigenvalue weighted by Crippen LogP contribution is 2.24. The smallest absolute Gasteiger partial charge is 0.162 e. The SMILES string of the molecule is Cc1cc(C#N)nc(-c2ccccc2Cl)n1. The minimum Gasteiger partial charge on any atom is -0.233 e. The van der Waals surface area contributed by atoms with Crippen molar-refractivity contribution in [2.45, 2.75) is 6.92 Å². The predicted molar refractivity (Wildman–Crippen MR) is 61.9 cm³/mol. The van der Waals surface area contributed by atoms with E-state index in [9.17, 15) is 0 Å². The molecule has 0 unspecified atom stereocenters. The lowest BCUT2D eigenvalue weighted by Gasteiger charge is -2.03. The zero-order chi connectivity index (χ0) is 11.5. The number of benzene rings is 1. The summed E-state index contributed by atoms with van der Waals surface area (Å²) in [4.78, 5) is 8.39. The molecule has 2 aromatic rings. The molecule has 0 atom stereocenters. The summed E-state index contributed by atoms with van der Waals surface area (Å²) >= 11 is 6.04. The predicted octanol–water partition coefficient (Wildman–Crippen LogP) is 2.98. The monoisotopic (exact) mass is 229 g/mol. The Kier molecular flexibility index (Phi) is 2.84. The van der Waals surface area contributed by atoms with E-state index in [4.69, 9.17) is 16.9 Å². The van der Waals surface area contributed by atoms with Gasteiger partial charge < -0.3 is 0 Å². The van der Waals surface area contributed by atoms with Gasteiger partial charge in [0.25, 0.3) is 0 Å². The van der Waals surface area contributed by atoms with E-state index >= 15 is 0 Å². The molecule has 3 nitrogen and oxygen atoms in total. The van der Waals surface area contributed by atoms with Crippen molar-refractivity contribution in [2.75, 3.05) is 0 Å². The zero-order valence-corrected chi connectivity index (χ0v) is 9.36. The van der Waals surface area contributed by atoms with Crippen LogP contribution in [0.1, 0.15) is 11.4 Å². The molecule has 0 saturated heterocycles. The number of halogens is 1. The van der Waals surface area contributed by atoms with Crippen LogP contribution in [0.15, 0.2) is 30.3 Å². The summed E-state index contributed by atoms with van der Waals surface area (Å²) in [6.45, 7) is 1.82. The second-order valence-electron chi connectivity index (χ2n) is 3.31. The molecule has 0 radical (unpaired) electrons. The number of nitriles is 1. The van der Waals surface area contributed by atoms with Crippen LogP contribution < -0.4 is 0 Å². The molecule has 2 rings (SSSR count). The molecule has 0 bridgehead atoms. The molecule has 1 aromatic heterocycles. The summed E-state index contributed by atoms with van der Waals surface area (Å²) in [7, 11) is 0. The summed E-state index contributed by atoms with van der Waals surface area (Å²) < 4.78 is 0. The Bertz CT molecular complexity index is 573. The fourth-order valence-electron chi connectivity index (χ4n) is 1.39. The molecule has 16 heavy (non-hydrogen) atoms. The molecule has 1 aromatic carbocycles. The van der Waals surface area contributed by atoms with Gasteiger partial charge in [-0.15, -0.1) is 0 Å². The Hall–Kier alpha value is -1.92. The van der Waals surface area contributed by atoms with E-state index in [1.165, 1.54) is 0 Å². The second kappa shape index (κ2) is 4.30. The van der Waals surface area contributed by atoms with Crippen LogP contribution in [-0.4, -0.2) is 9.97 Å². The van der Waals surface area contributed by atoms with Gasteiger partial charge in [0.2, 0.25) is 0 Å². The highest BCUT2D eigenvalue weighted by molar-refractivity contribution is 6.33. The van der Waals surface area contributed by atoms with E-state index in [-0.39, 0.29) is 0 Å². The molecule has 0 aliphatic carbocycles. The van der Waals surface area contributed by atoms with Crippen molar-refractivity contribution >= 4 is 11.6 Å². The van der Waals surface area contributed by atoms with Crippen molar-refractivity contribution in [1.82, 2.24) is 9.97 Å². The number of nitrogens with zero attached hydrogens (tertiary/aromatic N) is 3. The van der Waals surface area contributed by atoms with Gasteiger partial charge in [0.1, 0.15) is 11.8 Å². The minimum absolute atomic E-state index is 0.349. The van der Waals surface area contributed by atoms with E-state index in [1.54, 1.807) is 12.1 Å². The first-order valence-corrected chi connectivity index (χ1v) is 5.09. The quantitative estimate of drug-likeness (QED) is 0.755. The lowest BCUT2D eigenvalue weighted by Crippen LogP contribution is -1.95. The van der Waals surface area contributed by atoms with Gasteiger partial charge in [0, 0.05) is 11.3 Å². The highest BCUT2D eigenvalue weighted by atomic mass is 35.5. The first-order valence-electron chi connectivity index (χ1n) is 4.71. The van der Waals surface area contributed by atoms with Gasteiger partial charge in [0.05, 0.1) is 5.02 Å². The molecule has 1 heterocycles. The van der Waals surface area contributed by atoms with Gasteiger partial charge in [-0.25, -0.2) is 9.97 Å². The number of aryl methyl sites for hydroxylation is 1. The number of rotatable bonds is 1.